The highest BCUT2D eigenvalue weighted by molar-refractivity contribution is 6.02. The van der Waals surface area contributed by atoms with Crippen molar-refractivity contribution in [3.8, 4) is 17.4 Å². The lowest BCUT2D eigenvalue weighted by Crippen LogP contribution is -2.21. The Morgan fingerprint density at radius 1 is 1.20 bits per heavy atom. The van der Waals surface area contributed by atoms with Gasteiger partial charge in [0.25, 0.3) is 11.8 Å². The van der Waals surface area contributed by atoms with E-state index >= 15 is 0 Å². The first kappa shape index (κ1) is 20.8. The number of nitrogens with two attached hydrogens (primary N) is 1. The summed E-state index contributed by atoms with van der Waals surface area (Å²) in [7, 11) is 1.45. The summed E-state index contributed by atoms with van der Waals surface area (Å²) in [6.07, 6.45) is 2.71. The van der Waals surface area contributed by atoms with Gasteiger partial charge in [0.15, 0.2) is 12.4 Å². The molecular formula is C20H19FN4O5. The molecule has 0 bridgehead atoms. The second-order valence-corrected chi connectivity index (χ2v) is 6.01. The maximum atomic E-state index is 14.1. The van der Waals surface area contributed by atoms with Crippen LogP contribution in [0.3, 0.4) is 0 Å². The molecule has 0 saturated carbocycles. The molecule has 0 aliphatic heterocycles. The minimum Gasteiger partial charge on any atom is -0.481 e. The number of fused-ring (bicyclic) bond motifs is 1. The summed E-state index contributed by atoms with van der Waals surface area (Å²) in [6, 6.07) is 5.56. The van der Waals surface area contributed by atoms with Gasteiger partial charge in [-0.1, -0.05) is 0 Å². The number of benzene rings is 1. The van der Waals surface area contributed by atoms with E-state index in [1.165, 1.54) is 37.6 Å². The normalized spacial score (nSPS) is 10.5. The van der Waals surface area contributed by atoms with Crippen LogP contribution in [0.4, 0.5) is 10.1 Å². The van der Waals surface area contributed by atoms with Crippen LogP contribution in [0.25, 0.3) is 10.9 Å². The van der Waals surface area contributed by atoms with Crippen LogP contribution < -0.4 is 20.5 Å². The number of hydrogen-bond donors (Lipinski definition) is 2. The first-order valence-corrected chi connectivity index (χ1v) is 8.95. The highest BCUT2D eigenvalue weighted by Crippen LogP contribution is 2.33. The largest absolute Gasteiger partial charge is 0.481 e. The fourth-order valence-electron chi connectivity index (χ4n) is 2.63. The number of esters is 1. The molecule has 0 aliphatic rings. The number of anilines is 1. The van der Waals surface area contributed by atoms with Gasteiger partial charge in [0.2, 0.25) is 0 Å². The van der Waals surface area contributed by atoms with E-state index in [0.29, 0.717) is 10.9 Å². The van der Waals surface area contributed by atoms with Crippen LogP contribution in [0.5, 0.6) is 17.4 Å². The molecule has 9 nitrogen and oxygen atoms in total. The van der Waals surface area contributed by atoms with Gasteiger partial charge < -0.3 is 25.3 Å². The second-order valence-electron chi connectivity index (χ2n) is 6.01. The third-order valence-corrected chi connectivity index (χ3v) is 3.96. The van der Waals surface area contributed by atoms with Crippen molar-refractivity contribution in [3.05, 3.63) is 48.0 Å². The average Bonchev–Trinajstić information content (AvgIpc) is 2.73. The van der Waals surface area contributed by atoms with E-state index < -0.39 is 17.7 Å². The topological polar surface area (TPSA) is 126 Å². The molecule has 0 spiro atoms. The molecule has 0 radical (unpaired) electrons. The number of nitrogens with zero attached hydrogens (tertiary/aromatic N) is 2. The highest BCUT2D eigenvalue weighted by Gasteiger charge is 2.18. The van der Waals surface area contributed by atoms with E-state index in [2.05, 4.69) is 15.3 Å². The van der Waals surface area contributed by atoms with Gasteiger partial charge in [-0.3, -0.25) is 9.78 Å². The lowest BCUT2D eigenvalue weighted by atomic mass is 10.1. The van der Waals surface area contributed by atoms with Gasteiger partial charge in [0.1, 0.15) is 11.5 Å². The number of halogens is 1. The van der Waals surface area contributed by atoms with Crippen LogP contribution in [0, 0.1) is 5.82 Å². The highest BCUT2D eigenvalue weighted by atomic mass is 19.1. The molecule has 0 fully saturated rings. The number of carbonyl (C=O) groups is 2. The minimum atomic E-state index is -0.735. The Labute approximate surface area is 171 Å². The number of carbonyl (C=O) groups excluding carboxylic acids is 2. The monoisotopic (exact) mass is 414 g/mol. The fourth-order valence-corrected chi connectivity index (χ4v) is 2.63. The van der Waals surface area contributed by atoms with Crippen LogP contribution >= 0.6 is 0 Å². The van der Waals surface area contributed by atoms with Crippen LogP contribution in [0.15, 0.2) is 36.7 Å². The molecule has 3 aromatic rings. The van der Waals surface area contributed by atoms with Crippen LogP contribution in [0.1, 0.15) is 17.3 Å². The first-order valence-electron chi connectivity index (χ1n) is 8.95. The zero-order valence-corrected chi connectivity index (χ0v) is 16.3. The van der Waals surface area contributed by atoms with Crippen molar-refractivity contribution >= 4 is 28.5 Å². The Hall–Kier alpha value is -3.95. The van der Waals surface area contributed by atoms with Crippen molar-refractivity contribution in [1.29, 1.82) is 0 Å². The van der Waals surface area contributed by atoms with Crippen LogP contribution in [-0.2, 0) is 9.53 Å². The van der Waals surface area contributed by atoms with E-state index in [-0.39, 0.29) is 41.8 Å². The molecule has 156 valence electrons. The Kier molecular flexibility index (Phi) is 6.26. The third-order valence-electron chi connectivity index (χ3n) is 3.96. The summed E-state index contributed by atoms with van der Waals surface area (Å²) in [5, 5.41) is 2.92. The molecule has 1 aromatic carbocycles. The lowest BCUT2D eigenvalue weighted by molar-refractivity contribution is -0.145. The summed E-state index contributed by atoms with van der Waals surface area (Å²) < 4.78 is 30.0. The molecule has 2 heterocycles. The fraction of sp³-hybridized carbons (Fsp3) is 0.200. The van der Waals surface area contributed by atoms with Crippen molar-refractivity contribution in [2.75, 3.05) is 26.0 Å². The van der Waals surface area contributed by atoms with Gasteiger partial charge in [-0.15, -0.1) is 0 Å². The number of amides is 1. The number of rotatable bonds is 7. The van der Waals surface area contributed by atoms with Crippen molar-refractivity contribution < 1.29 is 28.2 Å². The van der Waals surface area contributed by atoms with Crippen molar-refractivity contribution in [2.24, 2.45) is 0 Å². The van der Waals surface area contributed by atoms with Crippen molar-refractivity contribution in [3.63, 3.8) is 0 Å². The first-order chi connectivity index (χ1) is 14.4. The number of nitrogen functional groups attached to an aromatic ring is 1. The van der Waals surface area contributed by atoms with E-state index in [9.17, 15) is 14.0 Å². The summed E-state index contributed by atoms with van der Waals surface area (Å²) in [5.74, 6) is -1.69. The number of nitrogens with one attached hydrogen (secondary N) is 1. The number of aromatic nitrogens is 2. The summed E-state index contributed by atoms with van der Waals surface area (Å²) in [6.45, 7) is 1.51. The van der Waals surface area contributed by atoms with Gasteiger partial charge in [-0.25, -0.2) is 14.2 Å². The third kappa shape index (κ3) is 4.54. The Morgan fingerprint density at radius 3 is 2.70 bits per heavy atom. The van der Waals surface area contributed by atoms with E-state index in [1.54, 1.807) is 6.92 Å². The number of pyridine rings is 2. The van der Waals surface area contributed by atoms with Gasteiger partial charge in [0, 0.05) is 30.8 Å². The Balaban J connectivity index is 2.02. The second kappa shape index (κ2) is 9.03. The van der Waals surface area contributed by atoms with Crippen LogP contribution in [-0.4, -0.2) is 42.1 Å². The molecule has 0 aliphatic carbocycles. The van der Waals surface area contributed by atoms with Gasteiger partial charge in [-0.05, 0) is 19.1 Å². The number of hydrogen-bond acceptors (Lipinski definition) is 8. The van der Waals surface area contributed by atoms with Gasteiger partial charge in [-0.2, -0.15) is 0 Å². The summed E-state index contributed by atoms with van der Waals surface area (Å²) in [5.41, 5.74) is 6.20. The molecule has 3 rings (SSSR count). The van der Waals surface area contributed by atoms with Gasteiger partial charge in [0.05, 0.1) is 29.6 Å². The molecule has 2 aromatic heterocycles. The van der Waals surface area contributed by atoms with Crippen molar-refractivity contribution in [1.82, 2.24) is 15.3 Å². The predicted molar refractivity (Wildman–Crippen MR) is 106 cm³/mol. The van der Waals surface area contributed by atoms with Crippen molar-refractivity contribution in [2.45, 2.75) is 6.92 Å². The molecule has 30 heavy (non-hydrogen) atoms. The molecule has 0 atom stereocenters. The maximum Gasteiger partial charge on any atom is 0.344 e. The quantitative estimate of drug-likeness (QED) is 0.565. The maximum absolute atomic E-state index is 14.1. The van der Waals surface area contributed by atoms with E-state index in [0.717, 1.165) is 6.07 Å². The standard InChI is InChI=1S/C20H19FN4O5/c1-3-28-18(26)10-29-17-8-15-12(7-13(17)19(27)23-2)16(4-5-24-15)30-20-14(21)6-11(22)9-25-20/h4-9H,3,10,22H2,1-2H3,(H,23,27). The number of ether oxygens (including phenoxy) is 3. The molecular weight excluding hydrogens is 395 g/mol. The van der Waals surface area contributed by atoms with E-state index in [1.807, 2.05) is 0 Å². The zero-order chi connectivity index (χ0) is 21.7. The predicted octanol–water partition coefficient (Wildman–Crippen LogP) is 2.44. The Morgan fingerprint density at radius 2 is 2.00 bits per heavy atom. The van der Waals surface area contributed by atoms with Gasteiger partial charge >= 0.3 is 5.97 Å². The average molecular weight is 414 g/mol. The molecule has 0 unspecified atom stereocenters. The summed E-state index contributed by atoms with van der Waals surface area (Å²) >= 11 is 0. The zero-order valence-electron chi connectivity index (χ0n) is 16.3. The van der Waals surface area contributed by atoms with Crippen LogP contribution in [0.2, 0.25) is 0 Å². The molecule has 0 saturated heterocycles. The lowest BCUT2D eigenvalue weighted by Gasteiger charge is -2.14. The molecule has 10 heteroatoms. The SMILES string of the molecule is CCOC(=O)COc1cc2nccc(Oc3ncc(N)cc3F)c2cc1C(=O)NC. The van der Waals surface area contributed by atoms with E-state index in [4.69, 9.17) is 19.9 Å². The Bertz CT molecular complexity index is 1110. The smallest absolute Gasteiger partial charge is 0.344 e. The minimum absolute atomic E-state index is 0.136. The molecule has 3 N–H and O–H groups in total. The summed E-state index contributed by atoms with van der Waals surface area (Å²) in [4.78, 5) is 32.0. The molecule has 1 amide bonds.